The number of nitrogens with one attached hydrogen (secondary N) is 2. The van der Waals surface area contributed by atoms with Crippen molar-refractivity contribution in [1.29, 1.82) is 0 Å². The lowest BCUT2D eigenvalue weighted by Crippen LogP contribution is -2.40. The van der Waals surface area contributed by atoms with Crippen LogP contribution in [0.25, 0.3) is 0 Å². The Balaban J connectivity index is 0.00000261. The summed E-state index contributed by atoms with van der Waals surface area (Å²) in [6.45, 7) is 7.57. The zero-order chi connectivity index (χ0) is 18.4. The van der Waals surface area contributed by atoms with E-state index in [1.807, 2.05) is 6.92 Å². The first-order chi connectivity index (χ1) is 12.6. The number of nitrogens with zero attached hydrogens (tertiary/aromatic N) is 1. The van der Waals surface area contributed by atoms with Crippen molar-refractivity contribution >= 4 is 29.9 Å². The van der Waals surface area contributed by atoms with Crippen LogP contribution in [0.3, 0.4) is 0 Å². The highest BCUT2D eigenvalue weighted by atomic mass is 127. The first kappa shape index (κ1) is 22.2. The van der Waals surface area contributed by atoms with Crippen molar-refractivity contribution < 1.29 is 18.6 Å². The van der Waals surface area contributed by atoms with Crippen LogP contribution >= 0.6 is 24.0 Å². The van der Waals surface area contributed by atoms with Gasteiger partial charge in [-0.25, -0.2) is 4.39 Å². The van der Waals surface area contributed by atoms with E-state index >= 15 is 0 Å². The van der Waals surface area contributed by atoms with Gasteiger partial charge in [-0.1, -0.05) is 0 Å². The number of benzene rings is 1. The first-order valence-corrected chi connectivity index (χ1v) is 9.27. The van der Waals surface area contributed by atoms with Gasteiger partial charge < -0.3 is 24.8 Å². The maximum atomic E-state index is 13.8. The number of ether oxygens (including phenoxy) is 3. The van der Waals surface area contributed by atoms with E-state index in [9.17, 15) is 4.39 Å². The average Bonchev–Trinajstić information content (AvgIpc) is 3.06. The molecule has 8 heteroatoms. The lowest BCUT2D eigenvalue weighted by Gasteiger charge is -2.22. The summed E-state index contributed by atoms with van der Waals surface area (Å²) < 4.78 is 30.4. The first-order valence-electron chi connectivity index (χ1n) is 9.27. The maximum absolute atomic E-state index is 13.8. The van der Waals surface area contributed by atoms with Crippen LogP contribution in [0.2, 0.25) is 0 Å². The van der Waals surface area contributed by atoms with Gasteiger partial charge >= 0.3 is 0 Å². The third-order valence-electron chi connectivity index (χ3n) is 4.65. The Bertz CT molecular complexity index is 651. The average molecular weight is 493 g/mol. The Labute approximate surface area is 177 Å². The second-order valence-corrected chi connectivity index (χ2v) is 6.94. The van der Waals surface area contributed by atoms with Crippen LogP contribution < -0.4 is 15.4 Å². The van der Waals surface area contributed by atoms with Gasteiger partial charge in [0.15, 0.2) is 12.8 Å². The number of guanidine groups is 1. The Morgan fingerprint density at radius 2 is 2.19 bits per heavy atom. The second kappa shape index (κ2) is 10.4. The SMILES string of the molecule is CCNC(=NCC1(C)CCCO1)NCCc1cc(F)cc2c1OCOC2.I. The molecule has 1 saturated heterocycles. The molecule has 0 amide bonds. The predicted octanol–water partition coefficient (Wildman–Crippen LogP) is 2.98. The molecule has 152 valence electrons. The molecule has 2 N–H and O–H groups in total. The van der Waals surface area contributed by atoms with E-state index in [0.717, 1.165) is 48.8 Å². The zero-order valence-corrected chi connectivity index (χ0v) is 18.3. The van der Waals surface area contributed by atoms with Crippen molar-refractivity contribution in [3.63, 3.8) is 0 Å². The van der Waals surface area contributed by atoms with E-state index in [-0.39, 0.29) is 42.2 Å². The summed E-state index contributed by atoms with van der Waals surface area (Å²) >= 11 is 0. The van der Waals surface area contributed by atoms with E-state index in [1.165, 1.54) is 12.1 Å². The Kier molecular flexibility index (Phi) is 8.56. The van der Waals surface area contributed by atoms with Crippen molar-refractivity contribution in [3.8, 4) is 5.75 Å². The summed E-state index contributed by atoms with van der Waals surface area (Å²) in [6, 6.07) is 3.00. The van der Waals surface area contributed by atoms with Crippen LogP contribution in [0.4, 0.5) is 4.39 Å². The molecule has 0 aromatic heterocycles. The number of hydrogen-bond donors (Lipinski definition) is 2. The molecular formula is C19H29FIN3O3. The van der Waals surface area contributed by atoms with Crippen molar-refractivity contribution in [3.05, 3.63) is 29.1 Å². The summed E-state index contributed by atoms with van der Waals surface area (Å²) in [5, 5.41) is 6.55. The Morgan fingerprint density at radius 1 is 1.33 bits per heavy atom. The van der Waals surface area contributed by atoms with Gasteiger partial charge in [-0.3, -0.25) is 4.99 Å². The van der Waals surface area contributed by atoms with E-state index in [4.69, 9.17) is 14.2 Å². The standard InChI is InChI=1S/C19H28FN3O3.HI/c1-3-21-18(23-12-19(2)6-4-8-26-19)22-7-5-14-9-16(20)10-15-11-24-13-25-17(14)15;/h9-10H,3-8,11-13H2,1-2H3,(H2,21,22,23);1H. The molecule has 0 spiro atoms. The molecule has 2 heterocycles. The van der Waals surface area contributed by atoms with Crippen LogP contribution in [-0.4, -0.2) is 44.6 Å². The van der Waals surface area contributed by atoms with Gasteiger partial charge in [-0.2, -0.15) is 0 Å². The quantitative estimate of drug-likeness (QED) is 0.363. The molecule has 3 rings (SSSR count). The molecular weight excluding hydrogens is 464 g/mol. The zero-order valence-electron chi connectivity index (χ0n) is 16.0. The van der Waals surface area contributed by atoms with Gasteiger partial charge in [-0.05, 0) is 50.8 Å². The summed E-state index contributed by atoms with van der Waals surface area (Å²) in [5.74, 6) is 1.23. The maximum Gasteiger partial charge on any atom is 0.191 e. The minimum Gasteiger partial charge on any atom is -0.467 e. The Morgan fingerprint density at radius 3 is 2.93 bits per heavy atom. The van der Waals surface area contributed by atoms with Gasteiger partial charge in [0.25, 0.3) is 0 Å². The van der Waals surface area contributed by atoms with Crippen molar-refractivity contribution in [2.45, 2.75) is 45.3 Å². The number of hydrogen-bond acceptors (Lipinski definition) is 4. The van der Waals surface area contributed by atoms with Gasteiger partial charge in [0.2, 0.25) is 0 Å². The highest BCUT2D eigenvalue weighted by Gasteiger charge is 2.29. The fourth-order valence-corrected chi connectivity index (χ4v) is 3.31. The molecule has 1 aromatic carbocycles. The molecule has 0 bridgehead atoms. The summed E-state index contributed by atoms with van der Waals surface area (Å²) in [5.41, 5.74) is 1.44. The fraction of sp³-hybridized carbons (Fsp3) is 0.632. The van der Waals surface area contributed by atoms with E-state index in [1.54, 1.807) is 0 Å². The van der Waals surface area contributed by atoms with Crippen LogP contribution in [0, 0.1) is 5.82 Å². The highest BCUT2D eigenvalue weighted by Crippen LogP contribution is 2.29. The smallest absolute Gasteiger partial charge is 0.191 e. The lowest BCUT2D eigenvalue weighted by atomic mass is 10.0. The third-order valence-corrected chi connectivity index (χ3v) is 4.65. The largest absolute Gasteiger partial charge is 0.467 e. The van der Waals surface area contributed by atoms with E-state index in [2.05, 4.69) is 22.5 Å². The lowest BCUT2D eigenvalue weighted by molar-refractivity contribution is -0.0172. The summed E-state index contributed by atoms with van der Waals surface area (Å²) in [4.78, 5) is 4.65. The fourth-order valence-electron chi connectivity index (χ4n) is 3.31. The minimum absolute atomic E-state index is 0. The van der Waals surface area contributed by atoms with Crippen molar-refractivity contribution in [1.82, 2.24) is 10.6 Å². The van der Waals surface area contributed by atoms with Gasteiger partial charge in [0.1, 0.15) is 11.6 Å². The number of fused-ring (bicyclic) bond motifs is 1. The molecule has 1 unspecified atom stereocenters. The van der Waals surface area contributed by atoms with Gasteiger partial charge in [-0.15, -0.1) is 24.0 Å². The second-order valence-electron chi connectivity index (χ2n) is 6.94. The molecule has 6 nitrogen and oxygen atoms in total. The van der Waals surface area contributed by atoms with E-state index < -0.39 is 0 Å². The molecule has 2 aliphatic heterocycles. The monoisotopic (exact) mass is 493 g/mol. The van der Waals surface area contributed by atoms with Crippen LogP contribution in [0.1, 0.15) is 37.8 Å². The topological polar surface area (TPSA) is 64.1 Å². The van der Waals surface area contributed by atoms with Crippen molar-refractivity contribution in [2.75, 3.05) is 33.0 Å². The number of halogens is 2. The van der Waals surface area contributed by atoms with Crippen LogP contribution in [0.15, 0.2) is 17.1 Å². The molecule has 2 aliphatic rings. The normalized spacial score (nSPS) is 21.8. The molecule has 27 heavy (non-hydrogen) atoms. The van der Waals surface area contributed by atoms with Crippen molar-refractivity contribution in [2.24, 2.45) is 4.99 Å². The van der Waals surface area contributed by atoms with Crippen LogP contribution in [-0.2, 0) is 22.5 Å². The highest BCUT2D eigenvalue weighted by molar-refractivity contribution is 14.0. The minimum atomic E-state index is -0.264. The summed E-state index contributed by atoms with van der Waals surface area (Å²) in [6.07, 6.45) is 2.76. The number of aliphatic imine (C=N–C) groups is 1. The molecule has 0 saturated carbocycles. The molecule has 1 atom stereocenters. The summed E-state index contributed by atoms with van der Waals surface area (Å²) in [7, 11) is 0. The molecule has 1 fully saturated rings. The Hall–Kier alpha value is -1.13. The van der Waals surface area contributed by atoms with E-state index in [0.29, 0.717) is 26.1 Å². The van der Waals surface area contributed by atoms with Crippen LogP contribution in [0.5, 0.6) is 5.75 Å². The molecule has 0 radical (unpaired) electrons. The predicted molar refractivity (Wildman–Crippen MR) is 113 cm³/mol. The van der Waals surface area contributed by atoms with Gasteiger partial charge in [0.05, 0.1) is 18.8 Å². The van der Waals surface area contributed by atoms with Gasteiger partial charge in [0, 0.05) is 25.3 Å². The third kappa shape index (κ3) is 6.18. The number of rotatable bonds is 6. The molecule has 0 aliphatic carbocycles. The molecule has 1 aromatic rings.